The van der Waals surface area contributed by atoms with E-state index in [1.165, 1.54) is 17.5 Å². The number of nitrogens with zero attached hydrogens (tertiary/aromatic N) is 1. The van der Waals surface area contributed by atoms with Crippen LogP contribution in [0.25, 0.3) is 0 Å². The average molecular weight is 280 g/mol. The van der Waals surface area contributed by atoms with Gasteiger partial charge in [0.15, 0.2) is 0 Å². The number of fused-ring (bicyclic) bond motifs is 1. The van der Waals surface area contributed by atoms with Gasteiger partial charge in [0.05, 0.1) is 0 Å². The first-order valence-electron chi connectivity index (χ1n) is 7.53. The van der Waals surface area contributed by atoms with Gasteiger partial charge < -0.3 is 5.32 Å². The third-order valence-electron chi connectivity index (χ3n) is 4.12. The van der Waals surface area contributed by atoms with E-state index in [1.807, 2.05) is 19.1 Å². The van der Waals surface area contributed by atoms with Gasteiger partial charge in [-0.05, 0) is 49.4 Å². The van der Waals surface area contributed by atoms with Crippen LogP contribution in [0, 0.1) is 6.92 Å². The number of amides is 1. The van der Waals surface area contributed by atoms with Gasteiger partial charge in [-0.25, -0.2) is 4.98 Å². The average Bonchev–Trinajstić information content (AvgIpc) is 2.52. The highest BCUT2D eigenvalue weighted by Gasteiger charge is 2.20. The predicted molar refractivity (Wildman–Crippen MR) is 83.4 cm³/mol. The molecule has 1 aliphatic carbocycles. The van der Waals surface area contributed by atoms with Crippen molar-refractivity contribution in [2.75, 3.05) is 6.54 Å². The summed E-state index contributed by atoms with van der Waals surface area (Å²) in [6.45, 7) is 2.58. The fourth-order valence-electron chi connectivity index (χ4n) is 3.04. The zero-order valence-electron chi connectivity index (χ0n) is 12.3. The third-order valence-corrected chi connectivity index (χ3v) is 4.12. The van der Waals surface area contributed by atoms with Crippen LogP contribution in [-0.4, -0.2) is 17.4 Å². The Labute approximate surface area is 125 Å². The summed E-state index contributed by atoms with van der Waals surface area (Å²) < 4.78 is 0. The van der Waals surface area contributed by atoms with Crippen molar-refractivity contribution in [3.63, 3.8) is 0 Å². The van der Waals surface area contributed by atoms with Gasteiger partial charge in [0.25, 0.3) is 5.91 Å². The molecule has 0 saturated carbocycles. The maximum atomic E-state index is 12.2. The monoisotopic (exact) mass is 280 g/mol. The van der Waals surface area contributed by atoms with Crippen molar-refractivity contribution >= 4 is 5.91 Å². The van der Waals surface area contributed by atoms with Crippen LogP contribution in [-0.2, 0) is 6.42 Å². The fourth-order valence-corrected chi connectivity index (χ4v) is 3.04. The Hall–Kier alpha value is -2.16. The molecule has 1 heterocycles. The second-order valence-corrected chi connectivity index (χ2v) is 5.66. The van der Waals surface area contributed by atoms with E-state index in [4.69, 9.17) is 0 Å². The molecule has 1 atom stereocenters. The van der Waals surface area contributed by atoms with Gasteiger partial charge in [-0.3, -0.25) is 4.79 Å². The van der Waals surface area contributed by atoms with E-state index in [1.54, 1.807) is 6.07 Å². The van der Waals surface area contributed by atoms with Crippen LogP contribution in [0.2, 0.25) is 0 Å². The molecule has 0 radical (unpaired) electrons. The van der Waals surface area contributed by atoms with E-state index in [-0.39, 0.29) is 5.91 Å². The maximum Gasteiger partial charge on any atom is 0.269 e. The first-order valence-corrected chi connectivity index (χ1v) is 7.53. The smallest absolute Gasteiger partial charge is 0.269 e. The quantitative estimate of drug-likeness (QED) is 0.937. The summed E-state index contributed by atoms with van der Waals surface area (Å²) in [7, 11) is 0. The molecule has 1 aliphatic rings. The van der Waals surface area contributed by atoms with E-state index in [2.05, 4.69) is 34.6 Å². The number of rotatable bonds is 3. The number of aromatic nitrogens is 1. The molecule has 1 aromatic carbocycles. The molecular formula is C18H20N2O. The number of benzene rings is 1. The first-order chi connectivity index (χ1) is 10.2. The van der Waals surface area contributed by atoms with Gasteiger partial charge in [-0.15, -0.1) is 0 Å². The van der Waals surface area contributed by atoms with Crippen LogP contribution >= 0.6 is 0 Å². The molecule has 0 fully saturated rings. The summed E-state index contributed by atoms with van der Waals surface area (Å²) >= 11 is 0. The Morgan fingerprint density at radius 1 is 1.24 bits per heavy atom. The van der Waals surface area contributed by atoms with Crippen molar-refractivity contribution in [1.82, 2.24) is 10.3 Å². The summed E-state index contributed by atoms with van der Waals surface area (Å²) in [6, 6.07) is 14.1. The van der Waals surface area contributed by atoms with E-state index in [0.29, 0.717) is 18.2 Å². The van der Waals surface area contributed by atoms with Crippen LogP contribution in [0.5, 0.6) is 0 Å². The van der Waals surface area contributed by atoms with E-state index < -0.39 is 0 Å². The number of nitrogens with one attached hydrogen (secondary N) is 1. The van der Waals surface area contributed by atoms with Crippen molar-refractivity contribution < 1.29 is 4.79 Å². The van der Waals surface area contributed by atoms with Gasteiger partial charge in [-0.2, -0.15) is 0 Å². The molecule has 0 bridgehead atoms. The number of hydrogen-bond donors (Lipinski definition) is 1. The van der Waals surface area contributed by atoms with Gasteiger partial charge in [0, 0.05) is 18.2 Å². The SMILES string of the molecule is Cc1cccc(C(=O)NCC2CCCc3ccccc32)n1. The van der Waals surface area contributed by atoms with Crippen molar-refractivity contribution in [2.24, 2.45) is 0 Å². The number of pyridine rings is 1. The summed E-state index contributed by atoms with van der Waals surface area (Å²) in [6.07, 6.45) is 3.48. The number of carbonyl (C=O) groups is 1. The minimum Gasteiger partial charge on any atom is -0.350 e. The molecule has 3 rings (SSSR count). The molecule has 3 heteroatoms. The largest absolute Gasteiger partial charge is 0.350 e. The fraction of sp³-hybridized carbons (Fsp3) is 0.333. The second-order valence-electron chi connectivity index (χ2n) is 5.66. The summed E-state index contributed by atoms with van der Waals surface area (Å²) in [4.78, 5) is 16.4. The Kier molecular flexibility index (Phi) is 4.00. The third kappa shape index (κ3) is 3.13. The molecule has 1 unspecified atom stereocenters. The highest BCUT2D eigenvalue weighted by molar-refractivity contribution is 5.92. The summed E-state index contributed by atoms with van der Waals surface area (Å²) in [5.41, 5.74) is 4.18. The van der Waals surface area contributed by atoms with E-state index >= 15 is 0 Å². The minimum absolute atomic E-state index is 0.0817. The molecule has 108 valence electrons. The second kappa shape index (κ2) is 6.08. The maximum absolute atomic E-state index is 12.2. The van der Waals surface area contributed by atoms with Crippen molar-refractivity contribution in [3.05, 3.63) is 65.0 Å². The van der Waals surface area contributed by atoms with Gasteiger partial charge >= 0.3 is 0 Å². The van der Waals surface area contributed by atoms with Crippen molar-refractivity contribution in [1.29, 1.82) is 0 Å². The van der Waals surface area contributed by atoms with E-state index in [0.717, 1.165) is 18.5 Å². The lowest BCUT2D eigenvalue weighted by molar-refractivity contribution is 0.0945. The Morgan fingerprint density at radius 2 is 2.10 bits per heavy atom. The lowest BCUT2D eigenvalue weighted by atomic mass is 9.83. The normalized spacial score (nSPS) is 17.1. The Balaban J connectivity index is 1.67. The van der Waals surface area contributed by atoms with Crippen LogP contribution < -0.4 is 5.32 Å². The molecule has 3 nitrogen and oxygen atoms in total. The Morgan fingerprint density at radius 3 is 2.95 bits per heavy atom. The molecule has 2 aromatic rings. The molecular weight excluding hydrogens is 260 g/mol. The lowest BCUT2D eigenvalue weighted by Gasteiger charge is -2.25. The van der Waals surface area contributed by atoms with Crippen molar-refractivity contribution in [2.45, 2.75) is 32.1 Å². The highest BCUT2D eigenvalue weighted by atomic mass is 16.1. The molecule has 0 aliphatic heterocycles. The topological polar surface area (TPSA) is 42.0 Å². The van der Waals surface area contributed by atoms with Crippen LogP contribution in [0.1, 0.15) is 46.1 Å². The van der Waals surface area contributed by atoms with Crippen LogP contribution in [0.3, 0.4) is 0 Å². The standard InChI is InChI=1S/C18H20N2O/c1-13-6-4-11-17(20-13)18(21)19-12-15-9-5-8-14-7-2-3-10-16(14)15/h2-4,6-7,10-11,15H,5,8-9,12H2,1H3,(H,19,21). The summed E-state index contributed by atoms with van der Waals surface area (Å²) in [5, 5.41) is 3.04. The minimum atomic E-state index is -0.0817. The molecule has 0 saturated heterocycles. The van der Waals surface area contributed by atoms with Crippen molar-refractivity contribution in [3.8, 4) is 0 Å². The van der Waals surface area contributed by atoms with Gasteiger partial charge in [0.1, 0.15) is 5.69 Å². The van der Waals surface area contributed by atoms with Crippen LogP contribution in [0.15, 0.2) is 42.5 Å². The molecule has 1 aromatic heterocycles. The molecule has 1 N–H and O–H groups in total. The van der Waals surface area contributed by atoms with Crippen LogP contribution in [0.4, 0.5) is 0 Å². The summed E-state index contributed by atoms with van der Waals surface area (Å²) in [5.74, 6) is 0.338. The lowest BCUT2D eigenvalue weighted by Crippen LogP contribution is -2.30. The number of hydrogen-bond acceptors (Lipinski definition) is 2. The zero-order chi connectivity index (χ0) is 14.7. The molecule has 21 heavy (non-hydrogen) atoms. The predicted octanol–water partition coefficient (Wildman–Crippen LogP) is 3.24. The Bertz CT molecular complexity index is 651. The molecule has 1 amide bonds. The highest BCUT2D eigenvalue weighted by Crippen LogP contribution is 2.30. The first kappa shape index (κ1) is 13.8. The zero-order valence-corrected chi connectivity index (χ0v) is 12.3. The van der Waals surface area contributed by atoms with Gasteiger partial charge in [0.2, 0.25) is 0 Å². The number of aryl methyl sites for hydroxylation is 2. The van der Waals surface area contributed by atoms with E-state index in [9.17, 15) is 4.79 Å². The van der Waals surface area contributed by atoms with Gasteiger partial charge in [-0.1, -0.05) is 30.3 Å². The number of carbonyl (C=O) groups excluding carboxylic acids is 1. The molecule has 0 spiro atoms.